The molecule has 0 saturated carbocycles. The summed E-state index contributed by atoms with van der Waals surface area (Å²) in [5.41, 5.74) is 0. The van der Waals surface area contributed by atoms with Gasteiger partial charge in [0.15, 0.2) is 17.5 Å². The van der Waals surface area contributed by atoms with Crippen LogP contribution in [-0.2, 0) is 0 Å². The summed E-state index contributed by atoms with van der Waals surface area (Å²) in [7, 11) is 1.38. The van der Waals surface area contributed by atoms with Crippen molar-refractivity contribution in [3.63, 3.8) is 0 Å². The highest BCUT2D eigenvalue weighted by molar-refractivity contribution is 5.40. The van der Waals surface area contributed by atoms with Gasteiger partial charge in [-0.1, -0.05) is 0 Å². The van der Waals surface area contributed by atoms with E-state index in [2.05, 4.69) is 10.3 Å². The van der Waals surface area contributed by atoms with E-state index in [0.717, 1.165) is 12.1 Å². The molecule has 0 atom stereocenters. The van der Waals surface area contributed by atoms with Crippen molar-refractivity contribution in [3.8, 4) is 11.6 Å². The Morgan fingerprint density at radius 3 is 2.16 bits per heavy atom. The number of benzene rings is 1. The van der Waals surface area contributed by atoms with E-state index >= 15 is 0 Å². The molecule has 3 nitrogen and oxygen atoms in total. The summed E-state index contributed by atoms with van der Waals surface area (Å²) >= 11 is 0. The lowest BCUT2D eigenvalue weighted by molar-refractivity contribution is 0.412. The first-order valence-electron chi connectivity index (χ1n) is 5.17. The van der Waals surface area contributed by atoms with E-state index in [-0.39, 0.29) is 11.6 Å². The number of hydrogen-bond donors (Lipinski definition) is 1. The van der Waals surface area contributed by atoms with Gasteiger partial charge in [0.2, 0.25) is 0 Å². The van der Waals surface area contributed by atoms with Crippen LogP contribution in [0, 0.1) is 23.3 Å². The lowest BCUT2D eigenvalue weighted by Gasteiger charge is -2.08. The molecule has 0 aliphatic heterocycles. The number of anilines is 1. The second kappa shape index (κ2) is 5.13. The van der Waals surface area contributed by atoms with Gasteiger partial charge in [0.1, 0.15) is 17.4 Å². The Balaban J connectivity index is 2.37. The second-order valence-corrected chi connectivity index (χ2v) is 3.56. The molecule has 0 bridgehead atoms. The van der Waals surface area contributed by atoms with Gasteiger partial charge in [-0.05, 0) is 0 Å². The average molecular weight is 272 g/mol. The Kier molecular flexibility index (Phi) is 3.55. The van der Waals surface area contributed by atoms with Gasteiger partial charge in [-0.25, -0.2) is 17.6 Å². The van der Waals surface area contributed by atoms with E-state index in [0.29, 0.717) is 12.1 Å². The van der Waals surface area contributed by atoms with Gasteiger partial charge in [0.05, 0.1) is 0 Å². The molecule has 2 aromatic rings. The molecule has 0 radical (unpaired) electrons. The number of pyridine rings is 1. The zero-order valence-corrected chi connectivity index (χ0v) is 9.68. The van der Waals surface area contributed by atoms with Gasteiger partial charge in [0, 0.05) is 31.3 Å². The minimum atomic E-state index is -1.08. The van der Waals surface area contributed by atoms with E-state index in [1.54, 1.807) is 0 Å². The normalized spacial score (nSPS) is 10.4. The maximum absolute atomic E-state index is 13.4. The zero-order chi connectivity index (χ0) is 14.0. The smallest absolute Gasteiger partial charge is 0.258 e. The summed E-state index contributed by atoms with van der Waals surface area (Å²) in [6.45, 7) is 0. The van der Waals surface area contributed by atoms with Crippen molar-refractivity contribution in [1.29, 1.82) is 0 Å². The van der Waals surface area contributed by atoms with E-state index < -0.39 is 29.1 Å². The van der Waals surface area contributed by atoms with Crippen molar-refractivity contribution in [2.45, 2.75) is 0 Å². The summed E-state index contributed by atoms with van der Waals surface area (Å²) in [4.78, 5) is 3.52. The molecular formula is C12H8F4N2O. The molecule has 1 aromatic carbocycles. The van der Waals surface area contributed by atoms with Gasteiger partial charge in [-0.15, -0.1) is 0 Å². The molecule has 1 N–H and O–H groups in total. The quantitative estimate of drug-likeness (QED) is 0.869. The van der Waals surface area contributed by atoms with Crippen molar-refractivity contribution in [2.75, 3.05) is 12.4 Å². The van der Waals surface area contributed by atoms with Crippen LogP contribution in [0.3, 0.4) is 0 Å². The number of nitrogens with one attached hydrogen (secondary N) is 1. The first-order chi connectivity index (χ1) is 8.99. The first-order valence-corrected chi connectivity index (χ1v) is 5.17. The topological polar surface area (TPSA) is 34.2 Å². The van der Waals surface area contributed by atoms with E-state index in [9.17, 15) is 17.6 Å². The monoisotopic (exact) mass is 272 g/mol. The highest BCUT2D eigenvalue weighted by atomic mass is 19.1. The molecule has 1 aromatic heterocycles. The fourth-order valence-corrected chi connectivity index (χ4v) is 1.40. The van der Waals surface area contributed by atoms with Crippen LogP contribution in [0.5, 0.6) is 11.6 Å². The lowest BCUT2D eigenvalue weighted by atomic mass is 10.3. The van der Waals surface area contributed by atoms with Crippen LogP contribution in [-0.4, -0.2) is 12.0 Å². The molecule has 0 aliphatic rings. The molecule has 0 amide bonds. The fraction of sp³-hybridized carbons (Fsp3) is 0.0833. The van der Waals surface area contributed by atoms with Crippen LogP contribution >= 0.6 is 0 Å². The van der Waals surface area contributed by atoms with Crippen LogP contribution in [0.1, 0.15) is 0 Å². The summed E-state index contributed by atoms with van der Waals surface area (Å²) in [6.07, 6.45) is 0. The van der Waals surface area contributed by atoms with E-state index in [1.165, 1.54) is 7.05 Å². The maximum Gasteiger partial charge on any atom is 0.258 e. The Morgan fingerprint density at radius 1 is 0.947 bits per heavy atom. The number of halogens is 4. The Hall–Kier alpha value is -2.31. The highest BCUT2D eigenvalue weighted by Gasteiger charge is 2.13. The van der Waals surface area contributed by atoms with Crippen LogP contribution in [0.25, 0.3) is 0 Å². The molecule has 0 fully saturated rings. The minimum absolute atomic E-state index is 0.242. The van der Waals surface area contributed by atoms with Gasteiger partial charge in [0.25, 0.3) is 5.88 Å². The summed E-state index contributed by atoms with van der Waals surface area (Å²) in [6, 6.07) is 2.91. The number of ether oxygens (including phenoxy) is 1. The van der Waals surface area contributed by atoms with E-state index in [4.69, 9.17) is 4.74 Å². The second-order valence-electron chi connectivity index (χ2n) is 3.56. The SMILES string of the molecule is CNc1nc(Oc2cc(F)cc(F)c2)c(F)cc1F. The van der Waals surface area contributed by atoms with Crippen LogP contribution in [0.4, 0.5) is 23.4 Å². The Morgan fingerprint density at radius 2 is 1.58 bits per heavy atom. The molecule has 0 spiro atoms. The molecule has 100 valence electrons. The standard InChI is InChI=1S/C12H8F4N2O/c1-17-11-9(15)5-10(16)12(18-11)19-8-3-6(13)2-7(14)4-8/h2-5H,1H3,(H,17,18). The van der Waals surface area contributed by atoms with Crippen molar-refractivity contribution in [3.05, 3.63) is 47.5 Å². The first kappa shape index (κ1) is 13.1. The predicted molar refractivity (Wildman–Crippen MR) is 60.1 cm³/mol. The Bertz CT molecular complexity index is 599. The number of aromatic nitrogens is 1. The van der Waals surface area contributed by atoms with Crippen molar-refractivity contribution in [1.82, 2.24) is 4.98 Å². The van der Waals surface area contributed by atoms with Crippen LogP contribution in [0.15, 0.2) is 24.3 Å². The largest absolute Gasteiger partial charge is 0.436 e. The summed E-state index contributed by atoms with van der Waals surface area (Å²) in [5, 5.41) is 2.39. The average Bonchev–Trinajstić information content (AvgIpc) is 2.31. The summed E-state index contributed by atoms with van der Waals surface area (Å²) < 4.78 is 57.3. The maximum atomic E-state index is 13.4. The van der Waals surface area contributed by atoms with Gasteiger partial charge >= 0.3 is 0 Å². The van der Waals surface area contributed by atoms with Crippen molar-refractivity contribution in [2.24, 2.45) is 0 Å². The van der Waals surface area contributed by atoms with Gasteiger partial charge < -0.3 is 10.1 Å². The third-order valence-corrected chi connectivity index (χ3v) is 2.18. The van der Waals surface area contributed by atoms with Gasteiger partial charge in [-0.3, -0.25) is 0 Å². The molecular weight excluding hydrogens is 264 g/mol. The molecule has 1 heterocycles. The summed E-state index contributed by atoms with van der Waals surface area (Å²) in [5.74, 6) is -4.86. The molecule has 7 heteroatoms. The molecule has 19 heavy (non-hydrogen) atoms. The predicted octanol–water partition coefficient (Wildman–Crippen LogP) is 3.47. The van der Waals surface area contributed by atoms with Crippen molar-refractivity contribution < 1.29 is 22.3 Å². The third kappa shape index (κ3) is 2.93. The number of hydrogen-bond acceptors (Lipinski definition) is 3. The van der Waals surface area contributed by atoms with Gasteiger partial charge in [-0.2, -0.15) is 4.98 Å². The lowest BCUT2D eigenvalue weighted by Crippen LogP contribution is -2.01. The molecule has 0 saturated heterocycles. The number of nitrogens with zero attached hydrogens (tertiary/aromatic N) is 1. The number of rotatable bonds is 3. The Labute approximate surface area is 105 Å². The molecule has 0 unspecified atom stereocenters. The molecule has 2 rings (SSSR count). The van der Waals surface area contributed by atoms with Crippen LogP contribution < -0.4 is 10.1 Å². The van der Waals surface area contributed by atoms with E-state index in [1.807, 2.05) is 0 Å². The fourth-order valence-electron chi connectivity index (χ4n) is 1.40. The molecule has 0 aliphatic carbocycles. The van der Waals surface area contributed by atoms with Crippen LogP contribution in [0.2, 0.25) is 0 Å². The minimum Gasteiger partial charge on any atom is -0.436 e. The zero-order valence-electron chi connectivity index (χ0n) is 9.68. The van der Waals surface area contributed by atoms with Crippen molar-refractivity contribution >= 4 is 5.82 Å². The highest BCUT2D eigenvalue weighted by Crippen LogP contribution is 2.26. The third-order valence-electron chi connectivity index (χ3n) is 2.18.